The molecule has 2 aliphatic rings. The summed E-state index contributed by atoms with van der Waals surface area (Å²) in [5, 5.41) is 3.68. The molecule has 1 aliphatic heterocycles. The molecule has 0 atom stereocenters. The van der Waals surface area contributed by atoms with Gasteiger partial charge in [-0.15, -0.1) is 0 Å². The third-order valence-corrected chi connectivity index (χ3v) is 7.85. The fourth-order valence-corrected chi connectivity index (χ4v) is 5.22. The molecule has 1 amide bonds. The van der Waals surface area contributed by atoms with Gasteiger partial charge < -0.3 is 10.2 Å². The number of hydrogen-bond donors (Lipinski definition) is 3. The fourth-order valence-electron chi connectivity index (χ4n) is 4.43. The van der Waals surface area contributed by atoms with E-state index in [0.29, 0.717) is 29.0 Å². The highest BCUT2D eigenvalue weighted by Crippen LogP contribution is 2.36. The Bertz CT molecular complexity index is 1400. The summed E-state index contributed by atoms with van der Waals surface area (Å²) in [5.41, 5.74) is 2.70. The lowest BCUT2D eigenvalue weighted by Gasteiger charge is -2.19. The van der Waals surface area contributed by atoms with Gasteiger partial charge in [0.2, 0.25) is 0 Å². The number of carbonyl (C=O) groups excluding carboxylic acids is 1. The molecule has 0 radical (unpaired) electrons. The lowest BCUT2D eigenvalue weighted by atomic mass is 9.97. The van der Waals surface area contributed by atoms with E-state index in [2.05, 4.69) is 16.2 Å². The topological polar surface area (TPSA) is 99.8 Å². The molecule has 3 aromatic carbocycles. The highest BCUT2D eigenvalue weighted by molar-refractivity contribution is 7.92. The molecule has 37 heavy (non-hydrogen) atoms. The van der Waals surface area contributed by atoms with Crippen LogP contribution in [-0.4, -0.2) is 25.1 Å². The monoisotopic (exact) mass is 532 g/mol. The highest BCUT2D eigenvalue weighted by atomic mass is 32.2. The number of carbonyl (C=O) groups is 1. The first-order chi connectivity index (χ1) is 17.6. The molecule has 0 unspecified atom stereocenters. The van der Waals surface area contributed by atoms with Crippen molar-refractivity contribution in [1.82, 2.24) is 5.28 Å². The predicted octanol–water partition coefficient (Wildman–Crippen LogP) is 5.85. The Morgan fingerprint density at radius 3 is 2.16 bits per heavy atom. The summed E-state index contributed by atoms with van der Waals surface area (Å²) >= 11 is 0. The minimum absolute atomic E-state index is 0.172. The number of para-hydroxylation sites is 2. The Morgan fingerprint density at radius 1 is 0.946 bits per heavy atom. The molecule has 0 saturated heterocycles. The molecule has 3 N–H and O–H groups in total. The van der Waals surface area contributed by atoms with E-state index in [-0.39, 0.29) is 5.75 Å². The van der Waals surface area contributed by atoms with Crippen LogP contribution in [0.15, 0.2) is 71.6 Å². The number of alkyl halides is 3. The summed E-state index contributed by atoms with van der Waals surface area (Å²) in [6.45, 7) is 0. The predicted molar refractivity (Wildman–Crippen MR) is 131 cm³/mol. The zero-order valence-corrected chi connectivity index (χ0v) is 20.2. The summed E-state index contributed by atoms with van der Waals surface area (Å²) in [6.07, 6.45) is 4.56. The lowest BCUT2D eigenvalue weighted by Crippen LogP contribution is -2.34. The molecule has 5 rings (SSSR count). The second-order valence-electron chi connectivity index (χ2n) is 8.82. The number of sulfone groups is 1. The molecule has 12 heteroatoms. The Kier molecular flexibility index (Phi) is 6.46. The maximum absolute atomic E-state index is 13.2. The minimum Gasteiger partial charge on any atom is -0.366 e. The van der Waals surface area contributed by atoms with Crippen LogP contribution in [0.2, 0.25) is 0 Å². The third-order valence-electron chi connectivity index (χ3n) is 6.37. The fraction of sp³-hybridized carbons (Fsp3) is 0.240. The number of rotatable bonds is 6. The largest absolute Gasteiger partial charge is 0.501 e. The van der Waals surface area contributed by atoms with Gasteiger partial charge in [-0.1, -0.05) is 37.1 Å². The summed E-state index contributed by atoms with van der Waals surface area (Å²) in [6, 6.07) is 16.7. The standard InChI is InChI=1S/C25H23F3N4O4S/c26-25(27,28)37(34,35)19-13-14-23(36-32-30-21-7-3-4-8-22(21)31-32)20(15-19)24(33)29-18-11-9-17(10-12-18)16-5-1-2-6-16/h3-4,7-16,30-31H,1-2,5-6H2,(H,29,33). The molecule has 1 aliphatic carbocycles. The van der Waals surface area contributed by atoms with Crippen LogP contribution in [0.3, 0.4) is 0 Å². The molecular weight excluding hydrogens is 509 g/mol. The van der Waals surface area contributed by atoms with Crippen molar-refractivity contribution in [2.45, 2.75) is 42.0 Å². The van der Waals surface area contributed by atoms with E-state index >= 15 is 0 Å². The number of anilines is 3. The van der Waals surface area contributed by atoms with Gasteiger partial charge in [0, 0.05) is 11.0 Å². The van der Waals surface area contributed by atoms with Gasteiger partial charge in [0.15, 0.2) is 5.75 Å². The number of hydrogen-bond acceptors (Lipinski definition) is 7. The van der Waals surface area contributed by atoms with Crippen LogP contribution in [-0.2, 0) is 9.84 Å². The van der Waals surface area contributed by atoms with Gasteiger partial charge in [0.25, 0.3) is 15.7 Å². The lowest BCUT2D eigenvalue weighted by molar-refractivity contribution is -0.0436. The van der Waals surface area contributed by atoms with Gasteiger partial charge in [-0.25, -0.2) is 8.42 Å². The second kappa shape index (κ2) is 9.60. The van der Waals surface area contributed by atoms with Gasteiger partial charge in [0.05, 0.1) is 21.8 Å². The second-order valence-corrected chi connectivity index (χ2v) is 10.8. The molecule has 1 heterocycles. The van der Waals surface area contributed by atoms with Crippen LogP contribution >= 0.6 is 0 Å². The van der Waals surface area contributed by atoms with Crippen LogP contribution in [0, 0.1) is 0 Å². The zero-order chi connectivity index (χ0) is 26.2. The van der Waals surface area contributed by atoms with Crippen LogP contribution in [0.1, 0.15) is 47.5 Å². The molecule has 0 aromatic heterocycles. The van der Waals surface area contributed by atoms with Crippen LogP contribution < -0.4 is 21.0 Å². The number of benzene rings is 3. The first-order valence-corrected chi connectivity index (χ1v) is 13.1. The Labute approximate surface area is 211 Å². The van der Waals surface area contributed by atoms with E-state index in [9.17, 15) is 26.4 Å². The van der Waals surface area contributed by atoms with Crippen LogP contribution in [0.5, 0.6) is 5.75 Å². The molecule has 1 saturated carbocycles. The summed E-state index contributed by atoms with van der Waals surface area (Å²) in [5.74, 6) is -0.535. The summed E-state index contributed by atoms with van der Waals surface area (Å²) < 4.78 is 63.6. The molecule has 0 spiro atoms. The van der Waals surface area contributed by atoms with E-state index in [4.69, 9.17) is 4.84 Å². The number of nitrogens with zero attached hydrogens (tertiary/aromatic N) is 1. The Hall–Kier alpha value is -3.77. The number of fused-ring (bicyclic) bond motifs is 1. The number of hydrazine groups is 2. The van der Waals surface area contributed by atoms with Gasteiger partial charge >= 0.3 is 5.51 Å². The molecule has 194 valence electrons. The third kappa shape index (κ3) is 5.07. The average Bonchev–Trinajstić information content (AvgIpc) is 3.54. The van der Waals surface area contributed by atoms with Gasteiger partial charge in [-0.3, -0.25) is 15.6 Å². The smallest absolute Gasteiger partial charge is 0.366 e. The molecule has 3 aromatic rings. The molecular formula is C25H23F3N4O4S. The van der Waals surface area contributed by atoms with Crippen molar-refractivity contribution in [3.63, 3.8) is 0 Å². The quantitative estimate of drug-likeness (QED) is 0.366. The van der Waals surface area contributed by atoms with Crippen molar-refractivity contribution in [2.75, 3.05) is 16.2 Å². The molecule has 8 nitrogen and oxygen atoms in total. The van der Waals surface area contributed by atoms with Gasteiger partial charge in [-0.05, 0) is 66.8 Å². The average molecular weight is 533 g/mol. The minimum atomic E-state index is -5.69. The Balaban J connectivity index is 1.42. The van der Waals surface area contributed by atoms with Gasteiger partial charge in [-0.2, -0.15) is 13.2 Å². The Morgan fingerprint density at radius 2 is 1.57 bits per heavy atom. The highest BCUT2D eigenvalue weighted by Gasteiger charge is 2.47. The first kappa shape index (κ1) is 24.9. The number of halogens is 3. The van der Waals surface area contributed by atoms with Crippen molar-refractivity contribution < 1.29 is 31.2 Å². The van der Waals surface area contributed by atoms with Gasteiger partial charge in [0.1, 0.15) is 0 Å². The number of amides is 1. The number of nitrogens with one attached hydrogen (secondary N) is 3. The van der Waals surface area contributed by atoms with Crippen molar-refractivity contribution in [1.29, 1.82) is 0 Å². The van der Waals surface area contributed by atoms with E-state index in [1.54, 1.807) is 36.4 Å². The zero-order valence-electron chi connectivity index (χ0n) is 19.4. The van der Waals surface area contributed by atoms with E-state index in [1.807, 2.05) is 12.1 Å². The van der Waals surface area contributed by atoms with Crippen molar-refractivity contribution in [2.24, 2.45) is 0 Å². The summed E-state index contributed by atoms with van der Waals surface area (Å²) in [7, 11) is -5.69. The molecule has 0 bridgehead atoms. The van der Waals surface area contributed by atoms with Crippen molar-refractivity contribution >= 4 is 32.8 Å². The van der Waals surface area contributed by atoms with Crippen LogP contribution in [0.25, 0.3) is 0 Å². The van der Waals surface area contributed by atoms with Crippen LogP contribution in [0.4, 0.5) is 30.2 Å². The normalized spacial score (nSPS) is 16.1. The van der Waals surface area contributed by atoms with Crippen molar-refractivity contribution in [3.8, 4) is 5.75 Å². The first-order valence-electron chi connectivity index (χ1n) is 11.6. The van der Waals surface area contributed by atoms with E-state index in [0.717, 1.165) is 35.8 Å². The maximum Gasteiger partial charge on any atom is 0.501 e. The van der Waals surface area contributed by atoms with E-state index < -0.39 is 31.7 Å². The van der Waals surface area contributed by atoms with E-state index in [1.165, 1.54) is 12.8 Å². The summed E-state index contributed by atoms with van der Waals surface area (Å²) in [4.78, 5) is 17.8. The SMILES string of the molecule is O=C(Nc1ccc(C2CCCC2)cc1)c1cc(S(=O)(=O)C(F)(F)F)ccc1ON1Nc2ccccc2N1. The molecule has 1 fully saturated rings. The maximum atomic E-state index is 13.2. The van der Waals surface area contributed by atoms with Crippen molar-refractivity contribution in [3.05, 3.63) is 77.9 Å².